The lowest BCUT2D eigenvalue weighted by atomic mass is 10.5. The number of hydrogen-bond acceptors (Lipinski definition) is 4. The summed E-state index contributed by atoms with van der Waals surface area (Å²) >= 11 is 0. The van der Waals surface area contributed by atoms with Crippen molar-refractivity contribution < 1.29 is 18.9 Å². The van der Waals surface area contributed by atoms with E-state index < -0.39 is 0 Å². The Bertz CT molecular complexity index is 157. The highest BCUT2D eigenvalue weighted by Gasteiger charge is 2.21. The van der Waals surface area contributed by atoms with Crippen LogP contribution >= 0.6 is 0 Å². The van der Waals surface area contributed by atoms with E-state index >= 15 is 0 Å². The highest BCUT2D eigenvalue weighted by atomic mass is 16.6. The average Bonchev–Trinajstić information content (AvgIpc) is 3.05. The van der Waals surface area contributed by atoms with E-state index in [4.69, 9.17) is 18.9 Å². The van der Waals surface area contributed by atoms with Gasteiger partial charge in [0.25, 0.3) is 0 Å². The van der Waals surface area contributed by atoms with Gasteiger partial charge >= 0.3 is 0 Å². The molecule has 0 aromatic carbocycles. The lowest BCUT2D eigenvalue weighted by molar-refractivity contribution is 0.0413. The molecule has 1 fully saturated rings. The Kier molecular flexibility index (Phi) is 7.47. The zero-order valence-electron chi connectivity index (χ0n) is 9.15. The molecule has 0 saturated carbocycles. The molecule has 1 rings (SSSR count). The highest BCUT2D eigenvalue weighted by molar-refractivity contribution is 4.67. The van der Waals surface area contributed by atoms with Crippen LogP contribution in [-0.4, -0.2) is 52.4 Å². The minimum absolute atomic E-state index is 0.359. The van der Waals surface area contributed by atoms with Crippen molar-refractivity contribution in [3.05, 3.63) is 12.7 Å². The van der Waals surface area contributed by atoms with E-state index in [1.54, 1.807) is 6.08 Å². The minimum Gasteiger partial charge on any atom is -0.379 e. The Morgan fingerprint density at radius 2 is 1.87 bits per heavy atom. The van der Waals surface area contributed by atoms with Crippen LogP contribution < -0.4 is 0 Å². The van der Waals surface area contributed by atoms with E-state index in [1.807, 2.05) is 0 Å². The molecule has 0 aromatic heterocycles. The molecule has 15 heavy (non-hydrogen) atoms. The Labute approximate surface area is 91.1 Å². The van der Waals surface area contributed by atoms with Gasteiger partial charge in [-0.15, -0.1) is 6.58 Å². The van der Waals surface area contributed by atoms with Gasteiger partial charge in [-0.3, -0.25) is 0 Å². The maximum absolute atomic E-state index is 5.35. The molecule has 0 radical (unpaired) electrons. The Hall–Kier alpha value is -0.420. The summed E-state index contributed by atoms with van der Waals surface area (Å²) in [6.45, 7) is 8.46. The molecule has 0 N–H and O–H groups in total. The first-order valence-electron chi connectivity index (χ1n) is 5.39. The van der Waals surface area contributed by atoms with Gasteiger partial charge in [-0.2, -0.15) is 0 Å². The van der Waals surface area contributed by atoms with Crippen molar-refractivity contribution in [2.24, 2.45) is 0 Å². The molecule has 0 bridgehead atoms. The van der Waals surface area contributed by atoms with E-state index in [-0.39, 0.29) is 0 Å². The predicted octanol–water partition coefficient (Wildman–Crippen LogP) is 1.01. The van der Waals surface area contributed by atoms with Gasteiger partial charge in [-0.05, 0) is 6.42 Å². The van der Waals surface area contributed by atoms with Crippen LogP contribution in [0.3, 0.4) is 0 Å². The lowest BCUT2D eigenvalue weighted by Crippen LogP contribution is -2.08. The lowest BCUT2D eigenvalue weighted by Gasteiger charge is -2.04. The maximum atomic E-state index is 5.35. The first-order chi connectivity index (χ1) is 7.43. The van der Waals surface area contributed by atoms with Crippen LogP contribution in [0.5, 0.6) is 0 Å². The normalized spacial score (nSPS) is 19.1. The molecular weight excluding hydrogens is 196 g/mol. The third-order valence-electron chi connectivity index (χ3n) is 1.89. The summed E-state index contributed by atoms with van der Waals surface area (Å²) in [5.41, 5.74) is 0. The van der Waals surface area contributed by atoms with Crippen molar-refractivity contribution in [2.45, 2.75) is 12.5 Å². The van der Waals surface area contributed by atoms with Crippen LogP contribution in [0, 0.1) is 0 Å². The van der Waals surface area contributed by atoms with Crippen LogP contribution in [0.2, 0.25) is 0 Å². The van der Waals surface area contributed by atoms with Gasteiger partial charge in [-0.1, -0.05) is 6.08 Å². The number of epoxide rings is 1. The Morgan fingerprint density at radius 1 is 1.13 bits per heavy atom. The first kappa shape index (κ1) is 12.6. The smallest absolute Gasteiger partial charge is 0.104 e. The summed E-state index contributed by atoms with van der Waals surface area (Å²) in [6.07, 6.45) is 3.01. The summed E-state index contributed by atoms with van der Waals surface area (Å²) in [6, 6.07) is 0. The molecule has 0 aromatic rings. The van der Waals surface area contributed by atoms with Crippen LogP contribution in [0.4, 0.5) is 0 Å². The molecule has 4 heteroatoms. The van der Waals surface area contributed by atoms with Gasteiger partial charge in [0.1, 0.15) is 6.10 Å². The van der Waals surface area contributed by atoms with Crippen molar-refractivity contribution in [3.63, 3.8) is 0 Å². The zero-order valence-corrected chi connectivity index (χ0v) is 9.15. The van der Waals surface area contributed by atoms with Crippen molar-refractivity contribution in [3.8, 4) is 0 Å². The first-order valence-corrected chi connectivity index (χ1v) is 5.39. The second-order valence-corrected chi connectivity index (χ2v) is 3.36. The maximum Gasteiger partial charge on any atom is 0.104 e. The molecule has 4 nitrogen and oxygen atoms in total. The SMILES string of the molecule is C=CCOCCOCCCOCC1CO1. The molecule has 1 atom stereocenters. The molecule has 1 heterocycles. The largest absolute Gasteiger partial charge is 0.379 e. The van der Waals surface area contributed by atoms with Crippen molar-refractivity contribution >= 4 is 0 Å². The Morgan fingerprint density at radius 3 is 2.60 bits per heavy atom. The van der Waals surface area contributed by atoms with E-state index in [2.05, 4.69) is 6.58 Å². The summed E-state index contributed by atoms with van der Waals surface area (Å²) < 4.78 is 20.9. The number of hydrogen-bond donors (Lipinski definition) is 0. The third kappa shape index (κ3) is 8.57. The average molecular weight is 216 g/mol. The van der Waals surface area contributed by atoms with Gasteiger partial charge in [0.2, 0.25) is 0 Å². The molecule has 0 aliphatic carbocycles. The quantitative estimate of drug-likeness (QED) is 0.293. The molecule has 0 spiro atoms. The van der Waals surface area contributed by atoms with E-state index in [9.17, 15) is 0 Å². The van der Waals surface area contributed by atoms with E-state index in [0.29, 0.717) is 25.9 Å². The fourth-order valence-electron chi connectivity index (χ4n) is 1.03. The molecule has 88 valence electrons. The van der Waals surface area contributed by atoms with Crippen LogP contribution in [0.25, 0.3) is 0 Å². The van der Waals surface area contributed by atoms with Gasteiger partial charge in [0.05, 0.1) is 33.0 Å². The number of ether oxygens (including phenoxy) is 4. The summed E-state index contributed by atoms with van der Waals surface area (Å²) in [7, 11) is 0. The zero-order chi connectivity index (χ0) is 10.8. The summed E-state index contributed by atoms with van der Waals surface area (Å²) in [5.74, 6) is 0. The van der Waals surface area contributed by atoms with Gasteiger partial charge < -0.3 is 18.9 Å². The second-order valence-electron chi connectivity index (χ2n) is 3.36. The Balaban J connectivity index is 1.63. The summed E-state index contributed by atoms with van der Waals surface area (Å²) in [5, 5.41) is 0. The fraction of sp³-hybridized carbons (Fsp3) is 0.818. The molecule has 1 unspecified atom stereocenters. The monoisotopic (exact) mass is 216 g/mol. The van der Waals surface area contributed by atoms with Crippen LogP contribution in [-0.2, 0) is 18.9 Å². The van der Waals surface area contributed by atoms with Crippen molar-refractivity contribution in [1.29, 1.82) is 0 Å². The second kappa shape index (κ2) is 8.85. The molecule has 0 amide bonds. The van der Waals surface area contributed by atoms with Crippen LogP contribution in [0.1, 0.15) is 6.42 Å². The van der Waals surface area contributed by atoms with Gasteiger partial charge in [0, 0.05) is 13.2 Å². The van der Waals surface area contributed by atoms with Crippen molar-refractivity contribution in [2.75, 3.05) is 46.2 Å². The molecule has 1 aliphatic heterocycles. The van der Waals surface area contributed by atoms with Crippen LogP contribution in [0.15, 0.2) is 12.7 Å². The topological polar surface area (TPSA) is 40.2 Å². The van der Waals surface area contributed by atoms with E-state index in [0.717, 1.165) is 32.8 Å². The standard InChI is InChI=1S/C11H20O4/c1-2-4-12-7-8-13-5-3-6-14-9-11-10-15-11/h2,11H,1,3-10H2. The summed E-state index contributed by atoms with van der Waals surface area (Å²) in [4.78, 5) is 0. The third-order valence-corrected chi connectivity index (χ3v) is 1.89. The van der Waals surface area contributed by atoms with Crippen molar-refractivity contribution in [1.82, 2.24) is 0 Å². The fourth-order valence-corrected chi connectivity index (χ4v) is 1.03. The molecule has 1 aliphatic rings. The number of rotatable bonds is 11. The molecular formula is C11H20O4. The predicted molar refractivity (Wildman–Crippen MR) is 57.0 cm³/mol. The van der Waals surface area contributed by atoms with Gasteiger partial charge in [-0.25, -0.2) is 0 Å². The van der Waals surface area contributed by atoms with Gasteiger partial charge in [0.15, 0.2) is 0 Å². The highest BCUT2D eigenvalue weighted by Crippen LogP contribution is 2.08. The minimum atomic E-state index is 0.359. The molecule has 1 saturated heterocycles. The van der Waals surface area contributed by atoms with E-state index in [1.165, 1.54) is 0 Å².